The fourth-order valence-electron chi connectivity index (χ4n) is 3.26. The molecule has 34 heavy (non-hydrogen) atoms. The maximum Gasteiger partial charge on any atom is 0.329 e. The largest absolute Gasteiger partial charge is 0.454 e. The molecular formula is C24H28ClN3O6. The zero-order valence-corrected chi connectivity index (χ0v) is 20.4. The molecule has 1 atom stereocenters. The van der Waals surface area contributed by atoms with Crippen molar-refractivity contribution in [2.45, 2.75) is 46.6 Å². The van der Waals surface area contributed by atoms with Crippen molar-refractivity contribution in [3.8, 4) is 0 Å². The summed E-state index contributed by atoms with van der Waals surface area (Å²) in [6.45, 7) is 8.75. The summed E-state index contributed by atoms with van der Waals surface area (Å²) in [5.41, 5.74) is 2.07. The van der Waals surface area contributed by atoms with Gasteiger partial charge in [-0.3, -0.25) is 19.7 Å². The van der Waals surface area contributed by atoms with Gasteiger partial charge in [0.05, 0.1) is 4.92 Å². The van der Waals surface area contributed by atoms with Crippen molar-refractivity contribution in [1.82, 2.24) is 5.32 Å². The van der Waals surface area contributed by atoms with Gasteiger partial charge in [-0.2, -0.15) is 0 Å². The molecule has 2 N–H and O–H groups in total. The highest BCUT2D eigenvalue weighted by atomic mass is 35.5. The third-order valence-corrected chi connectivity index (χ3v) is 5.47. The zero-order valence-electron chi connectivity index (χ0n) is 19.7. The van der Waals surface area contributed by atoms with Crippen LogP contribution in [0.25, 0.3) is 0 Å². The van der Waals surface area contributed by atoms with E-state index in [1.165, 1.54) is 12.1 Å². The molecule has 1 unspecified atom stereocenters. The molecule has 182 valence electrons. The average Bonchev–Trinajstić information content (AvgIpc) is 2.76. The summed E-state index contributed by atoms with van der Waals surface area (Å²) in [5, 5.41) is 16.3. The normalized spacial score (nSPS) is 11.8. The summed E-state index contributed by atoms with van der Waals surface area (Å²) in [4.78, 5) is 48.1. The Morgan fingerprint density at radius 2 is 1.79 bits per heavy atom. The highest BCUT2D eigenvalue weighted by Gasteiger charge is 2.28. The number of amides is 2. The lowest BCUT2D eigenvalue weighted by Crippen LogP contribution is -2.46. The van der Waals surface area contributed by atoms with E-state index in [1.54, 1.807) is 13.8 Å². The number of nitro groups is 1. The highest BCUT2D eigenvalue weighted by molar-refractivity contribution is 6.32. The maximum atomic E-state index is 12.6. The van der Waals surface area contributed by atoms with E-state index in [4.69, 9.17) is 16.3 Å². The molecule has 2 aromatic carbocycles. The summed E-state index contributed by atoms with van der Waals surface area (Å²) in [7, 11) is 0. The first-order valence-electron chi connectivity index (χ1n) is 10.7. The Morgan fingerprint density at radius 3 is 2.38 bits per heavy atom. The van der Waals surface area contributed by atoms with Crippen LogP contribution in [-0.4, -0.2) is 35.4 Å². The third-order valence-electron chi connectivity index (χ3n) is 5.15. The first-order valence-corrected chi connectivity index (χ1v) is 11.1. The van der Waals surface area contributed by atoms with E-state index in [-0.39, 0.29) is 22.4 Å². The van der Waals surface area contributed by atoms with Crippen LogP contribution in [0.4, 0.5) is 11.4 Å². The van der Waals surface area contributed by atoms with Crippen LogP contribution in [0.2, 0.25) is 5.02 Å². The molecule has 0 fully saturated rings. The van der Waals surface area contributed by atoms with Crippen LogP contribution < -0.4 is 10.6 Å². The second-order valence-corrected chi connectivity index (χ2v) is 8.88. The van der Waals surface area contributed by atoms with Crippen LogP contribution in [0, 0.1) is 23.0 Å². The van der Waals surface area contributed by atoms with E-state index in [0.717, 1.165) is 17.2 Å². The molecule has 9 nitrogen and oxygen atoms in total. The minimum Gasteiger partial charge on any atom is -0.454 e. The number of para-hydroxylation sites is 1. The van der Waals surface area contributed by atoms with E-state index >= 15 is 0 Å². The van der Waals surface area contributed by atoms with E-state index < -0.39 is 41.0 Å². The first kappa shape index (κ1) is 26.8. The van der Waals surface area contributed by atoms with E-state index in [1.807, 2.05) is 39.0 Å². The van der Waals surface area contributed by atoms with Crippen LogP contribution in [0.3, 0.4) is 0 Å². The van der Waals surface area contributed by atoms with Gasteiger partial charge in [-0.25, -0.2) is 4.79 Å². The lowest BCUT2D eigenvalue weighted by molar-refractivity contribution is -0.384. The monoisotopic (exact) mass is 489 g/mol. The van der Waals surface area contributed by atoms with Crippen molar-refractivity contribution in [3.05, 3.63) is 68.2 Å². The quantitative estimate of drug-likeness (QED) is 0.300. The fourth-order valence-corrected chi connectivity index (χ4v) is 3.45. The van der Waals surface area contributed by atoms with Gasteiger partial charge in [0, 0.05) is 17.3 Å². The first-order chi connectivity index (χ1) is 15.9. The molecule has 0 spiro atoms. The molecule has 2 aromatic rings. The fraction of sp³-hybridized carbons (Fsp3) is 0.375. The van der Waals surface area contributed by atoms with Crippen molar-refractivity contribution >= 4 is 40.8 Å². The van der Waals surface area contributed by atoms with Gasteiger partial charge in [0.1, 0.15) is 11.1 Å². The van der Waals surface area contributed by atoms with Gasteiger partial charge in [0.2, 0.25) is 0 Å². The molecule has 10 heteroatoms. The lowest BCUT2D eigenvalue weighted by Gasteiger charge is -2.21. The molecule has 0 aliphatic heterocycles. The molecule has 0 bridgehead atoms. The van der Waals surface area contributed by atoms with Crippen LogP contribution in [-0.2, 0) is 14.3 Å². The Hall–Kier alpha value is -3.46. The van der Waals surface area contributed by atoms with Crippen molar-refractivity contribution in [1.29, 1.82) is 0 Å². The van der Waals surface area contributed by atoms with Crippen molar-refractivity contribution in [2.75, 3.05) is 11.9 Å². The molecule has 0 aliphatic carbocycles. The Morgan fingerprint density at radius 1 is 1.12 bits per heavy atom. The van der Waals surface area contributed by atoms with Gasteiger partial charge in [-0.05, 0) is 42.0 Å². The summed E-state index contributed by atoms with van der Waals surface area (Å²) in [6.07, 6.45) is 0. The molecule has 0 aliphatic rings. The molecule has 0 aromatic heterocycles. The standard InChI is InChI=1S/C24H28ClN3O6/c1-13(2)17-8-6-7-15(5)22(17)26-20(29)12-34-24(31)21(14(3)4)27-23(30)16-9-10-18(25)19(11-16)28(32)33/h6-11,13-14,21H,12H2,1-5H3,(H,26,29)(H,27,30). The Kier molecular flexibility index (Phi) is 9.14. The molecule has 2 rings (SSSR count). The Balaban J connectivity index is 2.06. The number of nitro benzene ring substituents is 1. The number of carbonyl (C=O) groups excluding carboxylic acids is 3. The molecule has 0 radical (unpaired) electrons. The van der Waals surface area contributed by atoms with Crippen LogP contribution in [0.5, 0.6) is 0 Å². The highest BCUT2D eigenvalue weighted by Crippen LogP contribution is 2.27. The predicted molar refractivity (Wildman–Crippen MR) is 129 cm³/mol. The zero-order chi connectivity index (χ0) is 25.6. The second-order valence-electron chi connectivity index (χ2n) is 8.47. The van der Waals surface area contributed by atoms with Gasteiger partial charge < -0.3 is 15.4 Å². The van der Waals surface area contributed by atoms with Crippen LogP contribution in [0.15, 0.2) is 36.4 Å². The Labute approximate surface area is 203 Å². The van der Waals surface area contributed by atoms with Crippen molar-refractivity contribution in [2.24, 2.45) is 5.92 Å². The van der Waals surface area contributed by atoms with Gasteiger partial charge in [-0.15, -0.1) is 0 Å². The minimum atomic E-state index is -1.07. The summed E-state index contributed by atoms with van der Waals surface area (Å²) in [6, 6.07) is 8.21. The molecular weight excluding hydrogens is 462 g/mol. The second kappa shape index (κ2) is 11.6. The molecule has 0 heterocycles. The number of halogens is 1. The SMILES string of the molecule is Cc1cccc(C(C)C)c1NC(=O)COC(=O)C(NC(=O)c1ccc(Cl)c([N+](=O)[O-])c1)C(C)C. The van der Waals surface area contributed by atoms with Gasteiger partial charge in [0.25, 0.3) is 17.5 Å². The number of esters is 1. The predicted octanol–water partition coefficient (Wildman–Crippen LogP) is 4.62. The van der Waals surface area contributed by atoms with E-state index in [0.29, 0.717) is 5.69 Å². The molecule has 0 saturated heterocycles. The van der Waals surface area contributed by atoms with Crippen LogP contribution >= 0.6 is 11.6 Å². The smallest absolute Gasteiger partial charge is 0.329 e. The number of ether oxygens (including phenoxy) is 1. The topological polar surface area (TPSA) is 128 Å². The summed E-state index contributed by atoms with van der Waals surface area (Å²) < 4.78 is 5.16. The number of benzene rings is 2. The molecule has 2 amide bonds. The van der Waals surface area contributed by atoms with Crippen LogP contribution in [0.1, 0.15) is 55.1 Å². The summed E-state index contributed by atoms with van der Waals surface area (Å²) in [5.74, 6) is -2.20. The van der Waals surface area contributed by atoms with Crippen molar-refractivity contribution in [3.63, 3.8) is 0 Å². The van der Waals surface area contributed by atoms with E-state index in [9.17, 15) is 24.5 Å². The number of hydrogen-bond donors (Lipinski definition) is 2. The molecule has 0 saturated carbocycles. The Bertz CT molecular complexity index is 1100. The average molecular weight is 490 g/mol. The number of carbonyl (C=O) groups is 3. The number of aryl methyl sites for hydroxylation is 1. The van der Waals surface area contributed by atoms with Gasteiger partial charge in [-0.1, -0.05) is 57.5 Å². The van der Waals surface area contributed by atoms with E-state index in [2.05, 4.69) is 10.6 Å². The minimum absolute atomic E-state index is 0.0342. The number of hydrogen-bond acceptors (Lipinski definition) is 6. The maximum absolute atomic E-state index is 12.6. The summed E-state index contributed by atoms with van der Waals surface area (Å²) >= 11 is 5.78. The van der Waals surface area contributed by atoms with Crippen molar-refractivity contribution < 1.29 is 24.0 Å². The number of rotatable bonds is 9. The lowest BCUT2D eigenvalue weighted by atomic mass is 9.98. The van der Waals surface area contributed by atoms with Gasteiger partial charge in [0.15, 0.2) is 6.61 Å². The van der Waals surface area contributed by atoms with Gasteiger partial charge >= 0.3 is 5.97 Å². The number of nitrogens with one attached hydrogen (secondary N) is 2. The third kappa shape index (κ3) is 6.77. The number of nitrogens with zero attached hydrogens (tertiary/aromatic N) is 1. The number of anilines is 1.